The molecular weight excluding hydrogens is 394 g/mol. The summed E-state index contributed by atoms with van der Waals surface area (Å²) in [5, 5.41) is 2.67. The smallest absolute Gasteiger partial charge is 0.317 e. The zero-order valence-electron chi connectivity index (χ0n) is 18.0. The summed E-state index contributed by atoms with van der Waals surface area (Å²) in [6.45, 7) is 0.480. The minimum atomic E-state index is -0.756. The van der Waals surface area contributed by atoms with E-state index in [4.69, 9.17) is 0 Å². The number of hydrogen-bond donors (Lipinski definition) is 1. The van der Waals surface area contributed by atoms with Crippen LogP contribution in [0.5, 0.6) is 0 Å². The Kier molecular flexibility index (Phi) is 7.21. The van der Waals surface area contributed by atoms with E-state index in [0.29, 0.717) is 6.54 Å². The summed E-state index contributed by atoms with van der Waals surface area (Å²) in [7, 11) is 0. The quantitative estimate of drug-likeness (QED) is 0.541. The van der Waals surface area contributed by atoms with Crippen LogP contribution in [0.4, 0.5) is 19.3 Å². The maximum absolute atomic E-state index is 14.1. The van der Waals surface area contributed by atoms with Gasteiger partial charge < -0.3 is 10.2 Å². The van der Waals surface area contributed by atoms with Crippen LogP contribution in [0.25, 0.3) is 0 Å². The number of carbonyl (C=O) groups is 1. The molecule has 0 spiro atoms. The summed E-state index contributed by atoms with van der Waals surface area (Å²) in [6.07, 6.45) is 11.1. The average molecular weight is 427 g/mol. The van der Waals surface area contributed by atoms with Gasteiger partial charge in [-0.25, -0.2) is 13.6 Å². The molecule has 0 saturated heterocycles. The van der Waals surface area contributed by atoms with E-state index in [9.17, 15) is 13.6 Å². The Morgan fingerprint density at radius 2 is 1.55 bits per heavy atom. The maximum Gasteiger partial charge on any atom is 0.322 e. The second-order valence-corrected chi connectivity index (χ2v) is 9.13. The van der Waals surface area contributed by atoms with Gasteiger partial charge in [0.05, 0.1) is 5.69 Å². The standard InChI is InChI=1S/C26H32F2N2O/c27-22-13-16-25(24(28)17-22)29-26(31)30(18-19-7-3-1-4-8-19)23-14-11-21(12-15-23)20-9-5-2-6-10-20/h1,3-4,7-8,13,16-17,20-21,23H,2,5-6,9-12,14-15,18H2,(H,29,31). The summed E-state index contributed by atoms with van der Waals surface area (Å²) >= 11 is 0. The van der Waals surface area contributed by atoms with Crippen LogP contribution in [-0.4, -0.2) is 17.0 Å². The molecule has 0 bridgehead atoms. The van der Waals surface area contributed by atoms with E-state index in [-0.39, 0.29) is 17.8 Å². The van der Waals surface area contributed by atoms with Crippen LogP contribution < -0.4 is 5.32 Å². The molecule has 1 N–H and O–H groups in total. The fourth-order valence-corrected chi connectivity index (χ4v) is 5.41. The Bertz CT molecular complexity index is 859. The van der Waals surface area contributed by atoms with Gasteiger partial charge in [0, 0.05) is 18.7 Å². The number of hydrogen-bond acceptors (Lipinski definition) is 1. The molecule has 0 heterocycles. The number of nitrogens with one attached hydrogen (secondary N) is 1. The molecule has 31 heavy (non-hydrogen) atoms. The highest BCUT2D eigenvalue weighted by molar-refractivity contribution is 5.89. The van der Waals surface area contributed by atoms with Crippen molar-refractivity contribution in [3.05, 3.63) is 65.7 Å². The van der Waals surface area contributed by atoms with Gasteiger partial charge in [0.1, 0.15) is 11.6 Å². The first-order valence-corrected chi connectivity index (χ1v) is 11.7. The lowest BCUT2D eigenvalue weighted by atomic mass is 9.72. The minimum absolute atomic E-state index is 0.0142. The van der Waals surface area contributed by atoms with Crippen LogP contribution in [0.15, 0.2) is 48.5 Å². The normalized spacial score (nSPS) is 22.1. The molecule has 166 valence electrons. The molecule has 0 aliphatic heterocycles. The maximum atomic E-state index is 14.1. The molecule has 2 saturated carbocycles. The van der Waals surface area contributed by atoms with Crippen molar-refractivity contribution in [3.63, 3.8) is 0 Å². The minimum Gasteiger partial charge on any atom is -0.317 e. The lowest BCUT2D eigenvalue weighted by Gasteiger charge is -2.40. The van der Waals surface area contributed by atoms with Crippen LogP contribution in [0.2, 0.25) is 0 Å². The van der Waals surface area contributed by atoms with Gasteiger partial charge in [-0.3, -0.25) is 0 Å². The summed E-state index contributed by atoms with van der Waals surface area (Å²) in [5.74, 6) is 0.207. The van der Waals surface area contributed by atoms with E-state index in [0.717, 1.165) is 55.2 Å². The van der Waals surface area contributed by atoms with Gasteiger partial charge >= 0.3 is 6.03 Å². The largest absolute Gasteiger partial charge is 0.322 e. The van der Waals surface area contributed by atoms with Gasteiger partial charge in [-0.1, -0.05) is 62.4 Å². The van der Waals surface area contributed by atoms with Crippen molar-refractivity contribution in [3.8, 4) is 0 Å². The highest BCUT2D eigenvalue weighted by Gasteiger charge is 2.33. The Labute approximate surface area is 183 Å². The van der Waals surface area contributed by atoms with E-state index in [1.54, 1.807) is 0 Å². The van der Waals surface area contributed by atoms with Crippen LogP contribution in [0.1, 0.15) is 63.4 Å². The molecule has 5 heteroatoms. The highest BCUT2D eigenvalue weighted by Crippen LogP contribution is 2.39. The van der Waals surface area contributed by atoms with Crippen LogP contribution in [0.3, 0.4) is 0 Å². The fraction of sp³-hybridized carbons (Fsp3) is 0.500. The Morgan fingerprint density at radius 3 is 2.23 bits per heavy atom. The highest BCUT2D eigenvalue weighted by atomic mass is 19.1. The monoisotopic (exact) mass is 426 g/mol. The van der Waals surface area contributed by atoms with E-state index in [1.165, 1.54) is 38.2 Å². The molecule has 2 aliphatic rings. The zero-order valence-corrected chi connectivity index (χ0v) is 18.0. The lowest BCUT2D eigenvalue weighted by molar-refractivity contribution is 0.120. The van der Waals surface area contributed by atoms with Gasteiger partial charge in [0.25, 0.3) is 0 Å². The lowest BCUT2D eigenvalue weighted by Crippen LogP contribution is -2.44. The van der Waals surface area contributed by atoms with Crippen molar-refractivity contribution in [1.29, 1.82) is 0 Å². The van der Waals surface area contributed by atoms with Crippen molar-refractivity contribution >= 4 is 11.7 Å². The second kappa shape index (κ2) is 10.3. The molecule has 0 atom stereocenters. The third-order valence-corrected chi connectivity index (χ3v) is 7.13. The Hall–Kier alpha value is -2.43. The topological polar surface area (TPSA) is 32.3 Å². The molecule has 2 aromatic carbocycles. The van der Waals surface area contributed by atoms with Crippen LogP contribution in [0, 0.1) is 23.5 Å². The first-order valence-electron chi connectivity index (χ1n) is 11.7. The van der Waals surface area contributed by atoms with E-state index in [2.05, 4.69) is 5.32 Å². The first-order chi connectivity index (χ1) is 15.1. The molecule has 0 unspecified atom stereocenters. The van der Waals surface area contributed by atoms with Crippen LogP contribution in [-0.2, 0) is 6.54 Å². The van der Waals surface area contributed by atoms with Crippen molar-refractivity contribution < 1.29 is 13.6 Å². The van der Waals surface area contributed by atoms with Crippen molar-refractivity contribution in [2.75, 3.05) is 5.32 Å². The molecular formula is C26H32F2N2O. The number of anilines is 1. The van der Waals surface area contributed by atoms with Crippen molar-refractivity contribution in [2.24, 2.45) is 11.8 Å². The van der Waals surface area contributed by atoms with E-state index in [1.807, 2.05) is 35.2 Å². The molecule has 2 aromatic rings. The number of benzene rings is 2. The SMILES string of the molecule is O=C(Nc1ccc(F)cc1F)N(Cc1ccccc1)C1CCC(C2CCCCC2)CC1. The second-order valence-electron chi connectivity index (χ2n) is 9.13. The summed E-state index contributed by atoms with van der Waals surface area (Å²) in [6, 6.07) is 12.9. The van der Waals surface area contributed by atoms with Gasteiger partial charge in [-0.15, -0.1) is 0 Å². The third kappa shape index (κ3) is 5.63. The molecule has 4 rings (SSSR count). The third-order valence-electron chi connectivity index (χ3n) is 7.13. The van der Waals surface area contributed by atoms with Gasteiger partial charge in [-0.2, -0.15) is 0 Å². The van der Waals surface area contributed by atoms with Crippen molar-refractivity contribution in [2.45, 2.75) is 70.4 Å². The summed E-state index contributed by atoms with van der Waals surface area (Å²) in [5.41, 5.74) is 1.06. The molecule has 2 amide bonds. The summed E-state index contributed by atoms with van der Waals surface area (Å²) in [4.78, 5) is 15.0. The number of nitrogens with zero attached hydrogens (tertiary/aromatic N) is 1. The number of urea groups is 1. The molecule has 0 radical (unpaired) electrons. The van der Waals surface area contributed by atoms with Gasteiger partial charge in [0.15, 0.2) is 0 Å². The van der Waals surface area contributed by atoms with Crippen LogP contribution >= 0.6 is 0 Å². The summed E-state index contributed by atoms with van der Waals surface area (Å²) < 4.78 is 27.4. The number of rotatable bonds is 5. The Balaban J connectivity index is 1.45. The molecule has 3 nitrogen and oxygen atoms in total. The Morgan fingerprint density at radius 1 is 0.871 bits per heavy atom. The molecule has 0 aromatic heterocycles. The average Bonchev–Trinajstić information content (AvgIpc) is 2.81. The predicted molar refractivity (Wildman–Crippen MR) is 120 cm³/mol. The number of amides is 2. The zero-order chi connectivity index (χ0) is 21.6. The van der Waals surface area contributed by atoms with Crippen molar-refractivity contribution in [1.82, 2.24) is 4.90 Å². The number of carbonyl (C=O) groups excluding carboxylic acids is 1. The van der Waals surface area contributed by atoms with Gasteiger partial charge in [-0.05, 0) is 55.2 Å². The van der Waals surface area contributed by atoms with E-state index < -0.39 is 11.6 Å². The fourth-order valence-electron chi connectivity index (χ4n) is 5.41. The predicted octanol–water partition coefficient (Wildman–Crippen LogP) is 7.14. The first kappa shape index (κ1) is 21.8. The molecule has 2 fully saturated rings. The number of halogens is 2. The van der Waals surface area contributed by atoms with Gasteiger partial charge in [0.2, 0.25) is 0 Å². The van der Waals surface area contributed by atoms with E-state index >= 15 is 0 Å². The molecule has 2 aliphatic carbocycles.